The maximum absolute atomic E-state index is 11.5. The van der Waals surface area contributed by atoms with Gasteiger partial charge >= 0.3 is 0 Å². The Bertz CT molecular complexity index is 242. The Morgan fingerprint density at radius 3 is 2.87 bits per heavy atom. The summed E-state index contributed by atoms with van der Waals surface area (Å²) in [6.45, 7) is 2.87. The SMILES string of the molecule is CCCC(=O)NC1CC2CC(CN)CC21. The molecule has 0 aromatic carbocycles. The third-order valence-electron chi connectivity index (χ3n) is 4.08. The largest absolute Gasteiger partial charge is 0.353 e. The Labute approximate surface area is 91.8 Å². The molecule has 1 amide bonds. The maximum Gasteiger partial charge on any atom is 0.220 e. The average Bonchev–Trinajstić information content (AvgIpc) is 2.53. The number of rotatable bonds is 4. The first-order valence-electron chi connectivity index (χ1n) is 6.24. The molecule has 3 N–H and O–H groups in total. The first-order chi connectivity index (χ1) is 7.24. The second-order valence-electron chi connectivity index (χ2n) is 5.16. The van der Waals surface area contributed by atoms with Gasteiger partial charge in [-0.25, -0.2) is 0 Å². The molecule has 3 heteroatoms. The zero-order valence-electron chi connectivity index (χ0n) is 9.54. The Balaban J connectivity index is 1.76. The smallest absolute Gasteiger partial charge is 0.220 e. The van der Waals surface area contributed by atoms with Gasteiger partial charge in [-0.2, -0.15) is 0 Å². The number of hydrogen-bond donors (Lipinski definition) is 2. The molecular weight excluding hydrogens is 188 g/mol. The normalized spacial score (nSPS) is 38.3. The van der Waals surface area contributed by atoms with Crippen molar-refractivity contribution in [2.24, 2.45) is 23.5 Å². The van der Waals surface area contributed by atoms with Gasteiger partial charge in [0.15, 0.2) is 0 Å². The molecule has 0 aromatic rings. The van der Waals surface area contributed by atoms with E-state index in [1.807, 2.05) is 6.92 Å². The minimum Gasteiger partial charge on any atom is -0.353 e. The monoisotopic (exact) mass is 210 g/mol. The molecule has 86 valence electrons. The number of amides is 1. The van der Waals surface area contributed by atoms with Crippen LogP contribution in [0.3, 0.4) is 0 Å². The van der Waals surface area contributed by atoms with Crippen LogP contribution in [0.4, 0.5) is 0 Å². The summed E-state index contributed by atoms with van der Waals surface area (Å²) in [5.74, 6) is 2.54. The summed E-state index contributed by atoms with van der Waals surface area (Å²) < 4.78 is 0. The highest BCUT2D eigenvalue weighted by molar-refractivity contribution is 5.76. The number of nitrogens with two attached hydrogens (primary N) is 1. The summed E-state index contributed by atoms with van der Waals surface area (Å²) in [5.41, 5.74) is 5.69. The summed E-state index contributed by atoms with van der Waals surface area (Å²) in [7, 11) is 0. The first-order valence-corrected chi connectivity index (χ1v) is 6.24. The fourth-order valence-corrected chi connectivity index (χ4v) is 3.21. The van der Waals surface area contributed by atoms with E-state index in [2.05, 4.69) is 5.32 Å². The Morgan fingerprint density at radius 2 is 2.20 bits per heavy atom. The van der Waals surface area contributed by atoms with E-state index in [4.69, 9.17) is 5.73 Å². The van der Waals surface area contributed by atoms with Crippen molar-refractivity contribution >= 4 is 5.91 Å². The van der Waals surface area contributed by atoms with Crippen molar-refractivity contribution in [3.63, 3.8) is 0 Å². The van der Waals surface area contributed by atoms with Crippen LogP contribution in [0, 0.1) is 17.8 Å². The molecule has 0 bridgehead atoms. The highest BCUT2D eigenvalue weighted by atomic mass is 16.1. The summed E-state index contributed by atoms with van der Waals surface area (Å²) in [6, 6.07) is 0.464. The molecule has 0 aromatic heterocycles. The van der Waals surface area contributed by atoms with Gasteiger partial charge in [-0.05, 0) is 50.0 Å². The van der Waals surface area contributed by atoms with E-state index in [0.29, 0.717) is 18.4 Å². The average molecular weight is 210 g/mol. The van der Waals surface area contributed by atoms with Crippen LogP contribution in [0.5, 0.6) is 0 Å². The van der Waals surface area contributed by atoms with E-state index in [1.54, 1.807) is 0 Å². The van der Waals surface area contributed by atoms with Gasteiger partial charge < -0.3 is 11.1 Å². The predicted octanol–water partition coefficient (Wildman–Crippen LogP) is 1.28. The van der Waals surface area contributed by atoms with Crippen LogP contribution in [-0.2, 0) is 4.79 Å². The summed E-state index contributed by atoms with van der Waals surface area (Å²) in [4.78, 5) is 11.5. The molecular formula is C12H22N2O. The van der Waals surface area contributed by atoms with Gasteiger partial charge in [0.25, 0.3) is 0 Å². The molecule has 4 unspecified atom stereocenters. The molecule has 4 atom stereocenters. The van der Waals surface area contributed by atoms with Gasteiger partial charge in [0.1, 0.15) is 0 Å². The third kappa shape index (κ3) is 2.17. The Morgan fingerprint density at radius 1 is 1.40 bits per heavy atom. The van der Waals surface area contributed by atoms with E-state index in [-0.39, 0.29) is 5.91 Å². The first kappa shape index (κ1) is 10.9. The number of fused-ring (bicyclic) bond motifs is 1. The summed E-state index contributed by atoms with van der Waals surface area (Å²) >= 11 is 0. The lowest BCUT2D eigenvalue weighted by molar-refractivity contribution is -0.123. The quantitative estimate of drug-likeness (QED) is 0.734. The molecule has 2 aliphatic rings. The molecule has 3 nitrogen and oxygen atoms in total. The third-order valence-corrected chi connectivity index (χ3v) is 4.08. The number of nitrogens with one attached hydrogen (secondary N) is 1. The van der Waals surface area contributed by atoms with Crippen molar-refractivity contribution in [3.8, 4) is 0 Å². The minimum absolute atomic E-state index is 0.233. The number of hydrogen-bond acceptors (Lipinski definition) is 2. The van der Waals surface area contributed by atoms with Crippen LogP contribution < -0.4 is 11.1 Å². The molecule has 2 rings (SSSR count). The number of carbonyl (C=O) groups excluding carboxylic acids is 1. The van der Waals surface area contributed by atoms with Crippen LogP contribution >= 0.6 is 0 Å². The highest BCUT2D eigenvalue weighted by Gasteiger charge is 2.47. The van der Waals surface area contributed by atoms with Crippen LogP contribution in [0.15, 0.2) is 0 Å². The standard InChI is InChI=1S/C12H22N2O/c1-2-3-12(15)14-11-6-9-4-8(7-13)5-10(9)11/h8-11H,2-7,13H2,1H3,(H,14,15). The predicted molar refractivity (Wildman–Crippen MR) is 60.2 cm³/mol. The number of carbonyl (C=O) groups is 1. The Hall–Kier alpha value is -0.570. The zero-order valence-corrected chi connectivity index (χ0v) is 9.54. The molecule has 2 fully saturated rings. The lowest BCUT2D eigenvalue weighted by Crippen LogP contribution is -2.50. The molecule has 2 saturated carbocycles. The fourth-order valence-electron chi connectivity index (χ4n) is 3.21. The highest BCUT2D eigenvalue weighted by Crippen LogP contribution is 2.49. The van der Waals surface area contributed by atoms with Crippen molar-refractivity contribution in [1.29, 1.82) is 0 Å². The molecule has 0 spiro atoms. The lowest BCUT2D eigenvalue weighted by Gasteiger charge is -2.40. The van der Waals surface area contributed by atoms with Crippen molar-refractivity contribution in [2.45, 2.75) is 45.1 Å². The molecule has 0 heterocycles. The van der Waals surface area contributed by atoms with Gasteiger partial charge in [0, 0.05) is 12.5 Å². The minimum atomic E-state index is 0.233. The molecule has 0 aliphatic heterocycles. The van der Waals surface area contributed by atoms with Crippen molar-refractivity contribution in [2.75, 3.05) is 6.54 Å². The lowest BCUT2D eigenvalue weighted by atomic mass is 9.71. The van der Waals surface area contributed by atoms with E-state index in [9.17, 15) is 4.79 Å². The van der Waals surface area contributed by atoms with Crippen molar-refractivity contribution < 1.29 is 4.79 Å². The van der Waals surface area contributed by atoms with Gasteiger partial charge in [-0.1, -0.05) is 6.92 Å². The van der Waals surface area contributed by atoms with E-state index in [0.717, 1.165) is 24.8 Å². The van der Waals surface area contributed by atoms with Gasteiger partial charge in [-0.15, -0.1) is 0 Å². The fraction of sp³-hybridized carbons (Fsp3) is 0.917. The second-order valence-corrected chi connectivity index (χ2v) is 5.16. The molecule has 2 aliphatic carbocycles. The second kappa shape index (κ2) is 4.52. The Kier molecular flexibility index (Phi) is 3.29. The van der Waals surface area contributed by atoms with Gasteiger partial charge in [-0.3, -0.25) is 4.79 Å². The molecule has 15 heavy (non-hydrogen) atoms. The van der Waals surface area contributed by atoms with Gasteiger partial charge in [0.2, 0.25) is 5.91 Å². The topological polar surface area (TPSA) is 55.1 Å². The van der Waals surface area contributed by atoms with Crippen LogP contribution in [0.1, 0.15) is 39.0 Å². The van der Waals surface area contributed by atoms with Crippen LogP contribution in [0.25, 0.3) is 0 Å². The maximum atomic E-state index is 11.5. The van der Waals surface area contributed by atoms with E-state index < -0.39 is 0 Å². The van der Waals surface area contributed by atoms with Crippen molar-refractivity contribution in [3.05, 3.63) is 0 Å². The zero-order chi connectivity index (χ0) is 10.8. The van der Waals surface area contributed by atoms with Crippen LogP contribution in [-0.4, -0.2) is 18.5 Å². The molecule has 0 radical (unpaired) electrons. The van der Waals surface area contributed by atoms with E-state index >= 15 is 0 Å². The summed E-state index contributed by atoms with van der Waals surface area (Å²) in [5, 5.41) is 3.15. The van der Waals surface area contributed by atoms with E-state index in [1.165, 1.54) is 19.3 Å². The summed E-state index contributed by atoms with van der Waals surface area (Å²) in [6.07, 6.45) is 5.34. The van der Waals surface area contributed by atoms with Crippen LogP contribution in [0.2, 0.25) is 0 Å². The molecule has 0 saturated heterocycles. The van der Waals surface area contributed by atoms with Crippen molar-refractivity contribution in [1.82, 2.24) is 5.32 Å². The van der Waals surface area contributed by atoms with Gasteiger partial charge in [0.05, 0.1) is 0 Å².